The molecule has 0 radical (unpaired) electrons. The van der Waals surface area contributed by atoms with Crippen LogP contribution in [0.3, 0.4) is 0 Å². The van der Waals surface area contributed by atoms with E-state index in [0.717, 1.165) is 47.6 Å². The molecule has 0 bridgehead atoms. The van der Waals surface area contributed by atoms with Crippen LogP contribution in [-0.4, -0.2) is 86.1 Å². The number of ether oxygens (including phenoxy) is 1. The van der Waals surface area contributed by atoms with Crippen LogP contribution in [0.2, 0.25) is 0 Å². The minimum Gasteiger partial charge on any atom is -0.507 e. The van der Waals surface area contributed by atoms with Gasteiger partial charge in [0.2, 0.25) is 11.8 Å². The van der Waals surface area contributed by atoms with Crippen LogP contribution >= 0.6 is 11.3 Å². The maximum Gasteiger partial charge on any atom is 0.243 e. The molecule has 59 heavy (non-hydrogen) atoms. The van der Waals surface area contributed by atoms with E-state index < -0.39 is 17.7 Å². The number of amides is 2. The Bertz CT molecular complexity index is 2190. The Morgan fingerprint density at radius 2 is 1.73 bits per heavy atom. The number of aryl methyl sites for hydroxylation is 1. The molecule has 3 atom stereocenters. The molecule has 0 spiro atoms. The summed E-state index contributed by atoms with van der Waals surface area (Å²) in [5.74, 6) is -2.21. The number of nitrogens with one attached hydrogen (secondary N) is 1. The fraction of sp³-hybridized carbons (Fsp3) is 0.419. The number of phenolic OH excluding ortho intramolecular Hbond substituents is 1. The van der Waals surface area contributed by atoms with Crippen LogP contribution < -0.4 is 28.3 Å². The number of anilines is 2. The lowest BCUT2D eigenvalue weighted by Crippen LogP contribution is -2.50. The molecule has 0 saturated carbocycles. The zero-order valence-electron chi connectivity index (χ0n) is 34.1. The van der Waals surface area contributed by atoms with Crippen LogP contribution in [0.4, 0.5) is 11.5 Å². The number of allylic oxidation sites excluding steroid dienone is 1. The van der Waals surface area contributed by atoms with Gasteiger partial charge in [-0.2, -0.15) is 5.10 Å². The first-order valence-corrected chi connectivity index (χ1v) is 21.0. The van der Waals surface area contributed by atoms with Crippen LogP contribution in [0.5, 0.6) is 5.75 Å². The summed E-state index contributed by atoms with van der Waals surface area (Å²) in [5.41, 5.74) is 31.5. The molecule has 2 fully saturated rings. The number of para-hydroxylation sites is 1. The van der Waals surface area contributed by atoms with Gasteiger partial charge in [-0.25, -0.2) is 4.98 Å². The smallest absolute Gasteiger partial charge is 0.243 e. The highest BCUT2D eigenvalue weighted by Crippen LogP contribution is 2.33. The standard InChI is InChI=1S/C43H56N10O5S/c1-25(2)38(43(57)52-17-7-9-33(52)42(56)49-26(3)28-11-13-29(14-12-28)40-27(4)48-24-59-40)36(55)23-37(45)58-21-20-51-18-15-30(16-19-51)53-34(39(46)41(47)50-53)22-32(44)31-8-5-6-10-35(31)54/h5-6,8,10-14,22-26,30,33,38,54H,7,9,15-21,44-46H2,1-4H3,(H2,47,50)(H,49,56)/b32-22-,37-23?. The van der Waals surface area contributed by atoms with Crippen LogP contribution in [0, 0.1) is 18.8 Å². The molecule has 2 aromatic heterocycles. The number of thiazole rings is 1. The normalized spacial score (nSPS) is 17.9. The van der Waals surface area contributed by atoms with E-state index in [9.17, 15) is 19.5 Å². The number of nitrogen functional groups attached to an aromatic ring is 2. The number of phenols is 1. The minimum absolute atomic E-state index is 0.0181. The molecule has 2 aromatic carbocycles. The first kappa shape index (κ1) is 42.7. The Morgan fingerprint density at radius 1 is 1.02 bits per heavy atom. The number of aromatic nitrogens is 3. The molecule has 2 aliphatic heterocycles. The summed E-state index contributed by atoms with van der Waals surface area (Å²) >= 11 is 1.59. The van der Waals surface area contributed by atoms with Crippen molar-refractivity contribution in [1.82, 2.24) is 29.9 Å². The highest BCUT2D eigenvalue weighted by molar-refractivity contribution is 7.13. The van der Waals surface area contributed by atoms with E-state index in [1.54, 1.807) is 46.6 Å². The van der Waals surface area contributed by atoms with E-state index in [1.807, 2.05) is 62.2 Å². The maximum atomic E-state index is 13.9. The Morgan fingerprint density at radius 3 is 2.39 bits per heavy atom. The molecule has 314 valence electrons. The van der Waals surface area contributed by atoms with Gasteiger partial charge in [-0.15, -0.1) is 11.3 Å². The van der Waals surface area contributed by atoms with Crippen molar-refractivity contribution in [3.63, 3.8) is 0 Å². The van der Waals surface area contributed by atoms with Gasteiger partial charge in [0.25, 0.3) is 0 Å². The van der Waals surface area contributed by atoms with Gasteiger partial charge in [0, 0.05) is 43.5 Å². The van der Waals surface area contributed by atoms with E-state index in [4.69, 9.17) is 27.7 Å². The molecular formula is C43H56N10O5S. The minimum atomic E-state index is -1.01. The SMILES string of the molecule is Cc1ncsc1-c1ccc(C(C)NC(=O)C2CCCN2C(=O)C(C(=O)C=C(N)OCCN2CCC(n3nc(N)c(N)c3/C=C(\N)c3ccccc3O)CC2)C(C)C)cc1. The third-order valence-electron chi connectivity index (χ3n) is 11.2. The van der Waals surface area contributed by atoms with Crippen LogP contribution in [0.25, 0.3) is 22.2 Å². The lowest BCUT2D eigenvalue weighted by Gasteiger charge is -2.32. The molecule has 16 heteroatoms. The summed E-state index contributed by atoms with van der Waals surface area (Å²) in [4.78, 5) is 50.3. The summed E-state index contributed by atoms with van der Waals surface area (Å²) in [6.07, 6.45) is 5.58. The summed E-state index contributed by atoms with van der Waals surface area (Å²) in [7, 11) is 0. The third-order valence-corrected chi connectivity index (χ3v) is 12.2. The summed E-state index contributed by atoms with van der Waals surface area (Å²) in [5, 5.41) is 17.9. The summed E-state index contributed by atoms with van der Waals surface area (Å²) < 4.78 is 7.58. The number of carbonyl (C=O) groups excluding carboxylic acids is 3. The molecule has 2 saturated heterocycles. The van der Waals surface area contributed by atoms with E-state index >= 15 is 0 Å². The van der Waals surface area contributed by atoms with E-state index in [-0.39, 0.29) is 53.9 Å². The number of benzene rings is 2. The second kappa shape index (κ2) is 18.8. The largest absolute Gasteiger partial charge is 0.507 e. The van der Waals surface area contributed by atoms with Crippen LogP contribution in [-0.2, 0) is 19.1 Å². The van der Waals surface area contributed by atoms with Crippen molar-refractivity contribution in [1.29, 1.82) is 0 Å². The number of ketones is 1. The summed E-state index contributed by atoms with van der Waals surface area (Å²) in [6, 6.07) is 13.9. The van der Waals surface area contributed by atoms with Gasteiger partial charge in [0.1, 0.15) is 30.0 Å². The van der Waals surface area contributed by atoms with E-state index in [2.05, 4.69) is 20.3 Å². The van der Waals surface area contributed by atoms with Crippen molar-refractivity contribution in [3.05, 3.63) is 88.5 Å². The Hall–Kier alpha value is -5.87. The van der Waals surface area contributed by atoms with Crippen molar-refractivity contribution < 1.29 is 24.2 Å². The van der Waals surface area contributed by atoms with Crippen molar-refractivity contribution in [2.45, 2.75) is 71.5 Å². The third kappa shape index (κ3) is 9.88. The molecule has 10 N–H and O–H groups in total. The average molecular weight is 825 g/mol. The number of aromatic hydroxyl groups is 1. The van der Waals surface area contributed by atoms with Gasteiger partial charge in [0.05, 0.1) is 33.9 Å². The molecule has 3 unspecified atom stereocenters. The second-order valence-corrected chi connectivity index (χ2v) is 16.5. The fourth-order valence-electron chi connectivity index (χ4n) is 7.91. The van der Waals surface area contributed by atoms with E-state index in [0.29, 0.717) is 48.6 Å². The lowest BCUT2D eigenvalue weighted by atomic mass is 9.89. The predicted octanol–water partition coefficient (Wildman–Crippen LogP) is 4.81. The zero-order chi connectivity index (χ0) is 42.4. The van der Waals surface area contributed by atoms with Crippen molar-refractivity contribution >= 4 is 52.2 Å². The molecular weight excluding hydrogens is 769 g/mol. The Balaban J connectivity index is 0.993. The molecule has 4 heterocycles. The molecule has 15 nitrogen and oxygen atoms in total. The Labute approximate surface area is 349 Å². The summed E-state index contributed by atoms with van der Waals surface area (Å²) in [6.45, 7) is 10.2. The highest BCUT2D eigenvalue weighted by atomic mass is 32.1. The molecule has 0 aliphatic carbocycles. The highest BCUT2D eigenvalue weighted by Gasteiger charge is 2.40. The van der Waals surface area contributed by atoms with Crippen molar-refractivity contribution in [2.24, 2.45) is 23.3 Å². The van der Waals surface area contributed by atoms with Gasteiger partial charge in [0.15, 0.2) is 17.5 Å². The number of rotatable bonds is 15. The number of nitrogens with zero attached hydrogens (tertiary/aromatic N) is 5. The fourth-order valence-corrected chi connectivity index (χ4v) is 8.72. The lowest BCUT2D eigenvalue weighted by molar-refractivity contribution is -0.146. The van der Waals surface area contributed by atoms with Gasteiger partial charge >= 0.3 is 0 Å². The van der Waals surface area contributed by atoms with Crippen LogP contribution in [0.1, 0.15) is 81.1 Å². The number of carbonyl (C=O) groups is 3. The van der Waals surface area contributed by atoms with Gasteiger partial charge in [-0.3, -0.25) is 24.0 Å². The first-order valence-electron chi connectivity index (χ1n) is 20.1. The van der Waals surface area contributed by atoms with Crippen LogP contribution in [0.15, 0.2) is 66.0 Å². The van der Waals surface area contributed by atoms with Gasteiger partial charge in [-0.05, 0) is 74.8 Å². The molecule has 6 rings (SSSR count). The molecule has 4 aromatic rings. The molecule has 2 amide bonds. The number of piperidine rings is 1. The number of nitrogens with two attached hydrogens (primary N) is 4. The number of likely N-dealkylation sites (tertiary alicyclic amines) is 2. The Kier molecular flexibility index (Phi) is 13.6. The second-order valence-electron chi connectivity index (χ2n) is 15.6. The van der Waals surface area contributed by atoms with Gasteiger partial charge in [-0.1, -0.05) is 50.2 Å². The molecule has 2 aliphatic rings. The maximum absolute atomic E-state index is 13.9. The topological polar surface area (TPSA) is 234 Å². The first-order chi connectivity index (χ1) is 28.2. The van der Waals surface area contributed by atoms with Gasteiger partial charge < -0.3 is 43.0 Å². The monoisotopic (exact) mass is 824 g/mol. The number of hydrogen-bond donors (Lipinski definition) is 6. The average Bonchev–Trinajstić information content (AvgIpc) is 3.95. The van der Waals surface area contributed by atoms with Crippen molar-refractivity contribution in [3.8, 4) is 16.2 Å². The zero-order valence-corrected chi connectivity index (χ0v) is 35.0. The van der Waals surface area contributed by atoms with E-state index in [1.165, 1.54) is 6.08 Å². The predicted molar refractivity (Wildman–Crippen MR) is 231 cm³/mol. The van der Waals surface area contributed by atoms with Crippen molar-refractivity contribution in [2.75, 3.05) is 44.3 Å². The quantitative estimate of drug-likeness (QED) is 0.0539. The number of hydrogen-bond acceptors (Lipinski definition) is 13.